The van der Waals surface area contributed by atoms with E-state index >= 15 is 0 Å². The molecule has 2 heteroatoms. The van der Waals surface area contributed by atoms with Crippen molar-refractivity contribution < 1.29 is 9.53 Å². The van der Waals surface area contributed by atoms with Gasteiger partial charge < -0.3 is 4.74 Å². The van der Waals surface area contributed by atoms with E-state index in [2.05, 4.69) is 31.2 Å². The molecule has 1 aromatic rings. The van der Waals surface area contributed by atoms with Gasteiger partial charge in [-0.15, -0.1) is 0 Å². The Morgan fingerprint density at radius 2 is 1.66 bits per heavy atom. The number of fused-ring (bicyclic) bond motifs is 2. The molecule has 0 radical (unpaired) electrons. The molecule has 156 valence electrons. The molecular weight excluding hydrogens is 356 g/mol. The summed E-state index contributed by atoms with van der Waals surface area (Å²) in [7, 11) is 0. The predicted octanol–water partition coefficient (Wildman–Crippen LogP) is 6.41. The summed E-state index contributed by atoms with van der Waals surface area (Å²) in [5.74, 6) is 4.48. The topological polar surface area (TPSA) is 26.3 Å². The van der Waals surface area contributed by atoms with Gasteiger partial charge in [0.25, 0.3) is 0 Å². The van der Waals surface area contributed by atoms with Gasteiger partial charge in [-0.3, -0.25) is 4.79 Å². The second kappa shape index (κ2) is 6.67. The van der Waals surface area contributed by atoms with Crippen LogP contribution in [0, 0.1) is 35.0 Å². The van der Waals surface area contributed by atoms with E-state index < -0.39 is 0 Å². The first-order valence-electron chi connectivity index (χ1n) is 12.3. The number of rotatable bonds is 4. The maximum atomic E-state index is 13.5. The van der Waals surface area contributed by atoms with Crippen LogP contribution in [0.3, 0.4) is 0 Å². The molecule has 29 heavy (non-hydrogen) atoms. The summed E-state index contributed by atoms with van der Waals surface area (Å²) in [6, 6.07) is 8.80. The summed E-state index contributed by atoms with van der Waals surface area (Å²) in [6.45, 7) is 3.14. The number of Topliss-reactive ketones (excluding diaryl/α,β-unsaturated/α-hetero) is 1. The van der Waals surface area contributed by atoms with Crippen LogP contribution in [-0.2, 0) is 21.7 Å². The molecule has 5 aliphatic carbocycles. The number of ether oxygens (including phenoxy) is 1. The van der Waals surface area contributed by atoms with Gasteiger partial charge in [0.15, 0.2) is 0 Å². The van der Waals surface area contributed by atoms with Crippen molar-refractivity contribution in [2.24, 2.45) is 35.0 Å². The van der Waals surface area contributed by atoms with Crippen LogP contribution in [0.1, 0.15) is 88.7 Å². The van der Waals surface area contributed by atoms with Gasteiger partial charge in [-0.05, 0) is 105 Å². The summed E-state index contributed by atoms with van der Waals surface area (Å²) in [5.41, 5.74) is 2.88. The van der Waals surface area contributed by atoms with Crippen molar-refractivity contribution in [3.8, 4) is 0 Å². The average molecular weight is 393 g/mol. The molecule has 2 nitrogen and oxygen atoms in total. The highest BCUT2D eigenvalue weighted by atomic mass is 16.5. The SMILES string of the molecule is CC(CC(=O)C12CC3CC(CC(C3)C1)C2)C1CCC2(CC1)OCc1ccccc12. The smallest absolute Gasteiger partial charge is 0.139 e. The van der Waals surface area contributed by atoms with Crippen molar-refractivity contribution in [3.63, 3.8) is 0 Å². The Labute approximate surface area is 175 Å². The van der Waals surface area contributed by atoms with Crippen LogP contribution in [-0.4, -0.2) is 5.78 Å². The fraction of sp³-hybridized carbons (Fsp3) is 0.741. The molecule has 5 saturated carbocycles. The summed E-state index contributed by atoms with van der Waals surface area (Å²) in [4.78, 5) is 13.5. The monoisotopic (exact) mass is 392 g/mol. The Kier molecular flexibility index (Phi) is 4.28. The quantitative estimate of drug-likeness (QED) is 0.591. The number of ketones is 1. The van der Waals surface area contributed by atoms with Crippen LogP contribution in [0.2, 0.25) is 0 Å². The van der Waals surface area contributed by atoms with Gasteiger partial charge >= 0.3 is 0 Å². The van der Waals surface area contributed by atoms with Gasteiger partial charge in [0, 0.05) is 11.8 Å². The molecule has 1 atom stereocenters. The van der Waals surface area contributed by atoms with Crippen molar-refractivity contribution >= 4 is 5.78 Å². The molecule has 1 aliphatic heterocycles. The largest absolute Gasteiger partial charge is 0.366 e. The normalized spacial score (nSPS) is 43.5. The Balaban J connectivity index is 1.10. The van der Waals surface area contributed by atoms with Gasteiger partial charge in [-0.2, -0.15) is 0 Å². The highest BCUT2D eigenvalue weighted by Gasteiger charge is 2.54. The minimum absolute atomic E-state index is 0.0310. The Morgan fingerprint density at radius 1 is 1.03 bits per heavy atom. The molecule has 0 saturated heterocycles. The molecule has 0 aromatic heterocycles. The fourth-order valence-electron chi connectivity index (χ4n) is 8.60. The Hall–Kier alpha value is -1.15. The van der Waals surface area contributed by atoms with Crippen LogP contribution < -0.4 is 0 Å². The van der Waals surface area contributed by atoms with E-state index in [0.717, 1.165) is 43.6 Å². The molecule has 6 aliphatic rings. The second-order valence-corrected chi connectivity index (χ2v) is 11.6. The van der Waals surface area contributed by atoms with Crippen LogP contribution in [0.15, 0.2) is 24.3 Å². The zero-order valence-electron chi connectivity index (χ0n) is 18.0. The Bertz CT molecular complexity index is 765. The van der Waals surface area contributed by atoms with E-state index in [9.17, 15) is 4.79 Å². The molecule has 1 heterocycles. The second-order valence-electron chi connectivity index (χ2n) is 11.6. The van der Waals surface area contributed by atoms with Gasteiger partial charge in [0.05, 0.1) is 12.2 Å². The molecule has 7 rings (SSSR count). The molecule has 5 fully saturated rings. The molecule has 1 spiro atoms. The van der Waals surface area contributed by atoms with E-state index in [0.29, 0.717) is 17.6 Å². The van der Waals surface area contributed by atoms with Crippen LogP contribution in [0.4, 0.5) is 0 Å². The van der Waals surface area contributed by atoms with E-state index in [4.69, 9.17) is 4.74 Å². The van der Waals surface area contributed by atoms with E-state index in [1.54, 1.807) is 0 Å². The first-order valence-corrected chi connectivity index (χ1v) is 12.3. The standard InChI is InChI=1S/C27H36O2/c1-18(10-25(28)26-14-19-11-20(15-26)13-21(12-19)16-26)22-6-8-27(9-7-22)24-5-3-2-4-23(24)17-29-27/h2-5,18-22H,6-17H2,1H3. The Morgan fingerprint density at radius 3 is 2.31 bits per heavy atom. The van der Waals surface area contributed by atoms with Crippen LogP contribution >= 0.6 is 0 Å². The minimum atomic E-state index is -0.0310. The molecule has 1 unspecified atom stereocenters. The average Bonchev–Trinajstić information content (AvgIpc) is 3.06. The summed E-state index contributed by atoms with van der Waals surface area (Å²) >= 11 is 0. The van der Waals surface area contributed by atoms with E-state index in [-0.39, 0.29) is 11.0 Å². The van der Waals surface area contributed by atoms with Gasteiger partial charge in [0.1, 0.15) is 5.78 Å². The maximum Gasteiger partial charge on any atom is 0.139 e. The number of carbonyl (C=O) groups is 1. The lowest BCUT2D eigenvalue weighted by Crippen LogP contribution is -2.50. The third-order valence-corrected chi connectivity index (χ3v) is 9.79. The predicted molar refractivity (Wildman–Crippen MR) is 114 cm³/mol. The highest BCUT2D eigenvalue weighted by molar-refractivity contribution is 5.85. The third-order valence-electron chi connectivity index (χ3n) is 9.79. The maximum absolute atomic E-state index is 13.5. The van der Waals surface area contributed by atoms with Crippen molar-refractivity contribution in [2.75, 3.05) is 0 Å². The molecule has 0 amide bonds. The molecule has 0 N–H and O–H groups in total. The minimum Gasteiger partial charge on any atom is -0.366 e. The number of carbonyl (C=O) groups excluding carboxylic acids is 1. The molecule has 4 bridgehead atoms. The summed E-state index contributed by atoms with van der Waals surface area (Å²) < 4.78 is 6.36. The van der Waals surface area contributed by atoms with Crippen molar-refractivity contribution in [3.05, 3.63) is 35.4 Å². The van der Waals surface area contributed by atoms with E-state index in [1.807, 2.05) is 0 Å². The molecule has 1 aromatic carbocycles. The third kappa shape index (κ3) is 2.96. The number of hydrogen-bond acceptors (Lipinski definition) is 2. The van der Waals surface area contributed by atoms with Crippen molar-refractivity contribution in [2.45, 2.75) is 89.8 Å². The lowest BCUT2D eigenvalue weighted by molar-refractivity contribution is -0.145. The first-order chi connectivity index (χ1) is 14.1. The van der Waals surface area contributed by atoms with Crippen LogP contribution in [0.25, 0.3) is 0 Å². The lowest BCUT2D eigenvalue weighted by atomic mass is 9.48. The fourth-order valence-corrected chi connectivity index (χ4v) is 8.60. The highest BCUT2D eigenvalue weighted by Crippen LogP contribution is 2.61. The summed E-state index contributed by atoms with van der Waals surface area (Å²) in [5, 5.41) is 0. The zero-order valence-corrected chi connectivity index (χ0v) is 18.0. The van der Waals surface area contributed by atoms with Gasteiger partial charge in [-0.1, -0.05) is 31.2 Å². The van der Waals surface area contributed by atoms with Gasteiger partial charge in [0.2, 0.25) is 0 Å². The van der Waals surface area contributed by atoms with Gasteiger partial charge in [-0.25, -0.2) is 0 Å². The van der Waals surface area contributed by atoms with Crippen LogP contribution in [0.5, 0.6) is 0 Å². The van der Waals surface area contributed by atoms with Crippen molar-refractivity contribution in [1.82, 2.24) is 0 Å². The summed E-state index contributed by atoms with van der Waals surface area (Å²) in [6.07, 6.45) is 13.5. The zero-order chi connectivity index (χ0) is 19.6. The van der Waals surface area contributed by atoms with E-state index in [1.165, 1.54) is 62.5 Å². The molecular formula is C27H36O2. The first kappa shape index (κ1) is 18.6. The number of benzene rings is 1. The lowest BCUT2D eigenvalue weighted by Gasteiger charge is -2.56. The van der Waals surface area contributed by atoms with Crippen molar-refractivity contribution in [1.29, 1.82) is 0 Å². The number of hydrogen-bond donors (Lipinski definition) is 0.